The summed E-state index contributed by atoms with van der Waals surface area (Å²) in [6, 6.07) is 17.5. The number of rotatable bonds is 3. The summed E-state index contributed by atoms with van der Waals surface area (Å²) < 4.78 is 27.7. The monoisotopic (exact) mass is 344 g/mol. The summed E-state index contributed by atoms with van der Waals surface area (Å²) in [6.07, 6.45) is 0. The van der Waals surface area contributed by atoms with E-state index in [9.17, 15) is 13.2 Å². The molecule has 1 aliphatic rings. The molecule has 0 bridgehead atoms. The van der Waals surface area contributed by atoms with Crippen LogP contribution in [0.1, 0.15) is 18.5 Å². The molecule has 0 aliphatic carbocycles. The highest BCUT2D eigenvalue weighted by molar-refractivity contribution is 7.89. The molecular formula is C18H20N2O3S. The van der Waals surface area contributed by atoms with E-state index in [-0.39, 0.29) is 23.4 Å². The van der Waals surface area contributed by atoms with Gasteiger partial charge >= 0.3 is 0 Å². The number of sulfonamides is 1. The third kappa shape index (κ3) is 3.20. The molecule has 1 amide bonds. The van der Waals surface area contributed by atoms with Crippen molar-refractivity contribution < 1.29 is 13.2 Å². The summed E-state index contributed by atoms with van der Waals surface area (Å²) in [4.78, 5) is 13.7. The standard InChI is InChI=1S/C18H20N2O3S/c1-15(21)19-12-13-20(18(14-19)16-8-4-2-5-9-16)24(22,23)17-10-6-3-7-11-17/h2-11,18H,12-14H2,1H3. The normalized spacial score (nSPS) is 19.2. The van der Waals surface area contributed by atoms with E-state index in [0.29, 0.717) is 13.1 Å². The number of carbonyl (C=O) groups excluding carboxylic acids is 1. The van der Waals surface area contributed by atoms with Gasteiger partial charge in [0.25, 0.3) is 0 Å². The van der Waals surface area contributed by atoms with Gasteiger partial charge in [-0.3, -0.25) is 4.79 Å². The topological polar surface area (TPSA) is 57.7 Å². The minimum atomic E-state index is -3.61. The molecule has 0 radical (unpaired) electrons. The first kappa shape index (κ1) is 16.7. The van der Waals surface area contributed by atoms with Crippen molar-refractivity contribution in [3.63, 3.8) is 0 Å². The summed E-state index contributed by atoms with van der Waals surface area (Å²) >= 11 is 0. The van der Waals surface area contributed by atoms with E-state index < -0.39 is 10.0 Å². The number of nitrogens with zero attached hydrogens (tertiary/aromatic N) is 2. The van der Waals surface area contributed by atoms with Crippen LogP contribution in [0.5, 0.6) is 0 Å². The lowest BCUT2D eigenvalue weighted by Gasteiger charge is -2.40. The third-order valence-corrected chi connectivity index (χ3v) is 6.23. The van der Waals surface area contributed by atoms with Crippen molar-refractivity contribution in [2.75, 3.05) is 19.6 Å². The fourth-order valence-corrected chi connectivity index (χ4v) is 4.63. The van der Waals surface area contributed by atoms with Gasteiger partial charge in [-0.05, 0) is 17.7 Å². The van der Waals surface area contributed by atoms with Crippen molar-refractivity contribution in [1.29, 1.82) is 0 Å². The molecule has 1 unspecified atom stereocenters. The van der Waals surface area contributed by atoms with Crippen molar-refractivity contribution in [3.8, 4) is 0 Å². The fourth-order valence-electron chi connectivity index (χ4n) is 3.01. The van der Waals surface area contributed by atoms with E-state index in [1.54, 1.807) is 35.2 Å². The third-order valence-electron chi connectivity index (χ3n) is 4.31. The smallest absolute Gasteiger partial charge is 0.243 e. The Morgan fingerprint density at radius 2 is 1.54 bits per heavy atom. The van der Waals surface area contributed by atoms with Gasteiger partial charge in [0.05, 0.1) is 10.9 Å². The molecule has 0 saturated carbocycles. The molecule has 1 aliphatic heterocycles. The Balaban J connectivity index is 2.00. The molecule has 1 heterocycles. The van der Waals surface area contributed by atoms with Gasteiger partial charge in [-0.25, -0.2) is 8.42 Å². The van der Waals surface area contributed by atoms with Crippen LogP contribution < -0.4 is 0 Å². The molecule has 3 rings (SSSR count). The van der Waals surface area contributed by atoms with Gasteiger partial charge in [0.1, 0.15) is 0 Å². The number of benzene rings is 2. The van der Waals surface area contributed by atoms with Crippen LogP contribution >= 0.6 is 0 Å². The molecule has 126 valence electrons. The van der Waals surface area contributed by atoms with E-state index in [0.717, 1.165) is 5.56 Å². The van der Waals surface area contributed by atoms with E-state index in [2.05, 4.69) is 0 Å². The first-order valence-electron chi connectivity index (χ1n) is 7.87. The number of hydrogen-bond donors (Lipinski definition) is 0. The minimum absolute atomic E-state index is 0.0345. The Morgan fingerprint density at radius 1 is 0.958 bits per heavy atom. The molecule has 5 nitrogen and oxygen atoms in total. The zero-order chi connectivity index (χ0) is 17.2. The van der Waals surface area contributed by atoms with Gasteiger partial charge in [0.15, 0.2) is 0 Å². The maximum Gasteiger partial charge on any atom is 0.243 e. The molecular weight excluding hydrogens is 324 g/mol. The van der Waals surface area contributed by atoms with E-state index in [4.69, 9.17) is 0 Å². The zero-order valence-corrected chi connectivity index (χ0v) is 14.3. The van der Waals surface area contributed by atoms with Crippen LogP contribution in [0.15, 0.2) is 65.6 Å². The SMILES string of the molecule is CC(=O)N1CCN(S(=O)(=O)c2ccccc2)C(c2ccccc2)C1. The molecule has 24 heavy (non-hydrogen) atoms. The van der Waals surface area contributed by atoms with Crippen LogP contribution in [0.3, 0.4) is 0 Å². The highest BCUT2D eigenvalue weighted by Crippen LogP contribution is 2.31. The van der Waals surface area contributed by atoms with Crippen LogP contribution in [0.2, 0.25) is 0 Å². The minimum Gasteiger partial charge on any atom is -0.340 e. The number of piperazine rings is 1. The van der Waals surface area contributed by atoms with Crippen LogP contribution in [-0.4, -0.2) is 43.2 Å². The Labute approximate surface area is 142 Å². The zero-order valence-electron chi connectivity index (χ0n) is 13.5. The Hall–Kier alpha value is -2.18. The molecule has 0 aromatic heterocycles. The number of carbonyl (C=O) groups is 1. The van der Waals surface area contributed by atoms with E-state index in [1.807, 2.05) is 30.3 Å². The van der Waals surface area contributed by atoms with Gasteiger partial charge in [-0.1, -0.05) is 48.5 Å². The molecule has 0 N–H and O–H groups in total. The predicted molar refractivity (Wildman–Crippen MR) is 91.8 cm³/mol. The second-order valence-electron chi connectivity index (χ2n) is 5.82. The summed E-state index contributed by atoms with van der Waals surface area (Å²) in [5, 5.41) is 0. The van der Waals surface area contributed by atoms with Crippen LogP contribution in [-0.2, 0) is 14.8 Å². The fraction of sp³-hybridized carbons (Fsp3) is 0.278. The molecule has 0 spiro atoms. The quantitative estimate of drug-likeness (QED) is 0.858. The maximum absolute atomic E-state index is 13.1. The molecule has 1 atom stereocenters. The van der Waals surface area contributed by atoms with Crippen LogP contribution in [0.4, 0.5) is 0 Å². The predicted octanol–water partition coefficient (Wildman–Crippen LogP) is 2.28. The van der Waals surface area contributed by atoms with Gasteiger partial charge in [-0.15, -0.1) is 0 Å². The van der Waals surface area contributed by atoms with Gasteiger partial charge < -0.3 is 4.90 Å². The molecule has 6 heteroatoms. The average Bonchev–Trinajstić information content (AvgIpc) is 2.62. The van der Waals surface area contributed by atoms with Gasteiger partial charge in [0, 0.05) is 26.6 Å². The first-order chi connectivity index (χ1) is 11.5. The first-order valence-corrected chi connectivity index (χ1v) is 9.31. The Morgan fingerprint density at radius 3 is 2.12 bits per heavy atom. The highest BCUT2D eigenvalue weighted by atomic mass is 32.2. The Kier molecular flexibility index (Phi) is 4.69. The summed E-state index contributed by atoms with van der Waals surface area (Å²) in [6.45, 7) is 2.58. The Bertz CT molecular complexity index is 807. The lowest BCUT2D eigenvalue weighted by molar-refractivity contribution is -0.131. The largest absolute Gasteiger partial charge is 0.340 e. The van der Waals surface area contributed by atoms with Crippen molar-refractivity contribution in [3.05, 3.63) is 66.2 Å². The van der Waals surface area contributed by atoms with Crippen molar-refractivity contribution in [2.24, 2.45) is 0 Å². The second-order valence-corrected chi connectivity index (χ2v) is 7.71. The molecule has 2 aromatic carbocycles. The molecule has 1 saturated heterocycles. The van der Waals surface area contributed by atoms with Crippen molar-refractivity contribution >= 4 is 15.9 Å². The van der Waals surface area contributed by atoms with Crippen molar-refractivity contribution in [2.45, 2.75) is 17.9 Å². The lowest BCUT2D eigenvalue weighted by Crippen LogP contribution is -2.51. The second kappa shape index (κ2) is 6.75. The van der Waals surface area contributed by atoms with Crippen molar-refractivity contribution in [1.82, 2.24) is 9.21 Å². The summed E-state index contributed by atoms with van der Waals surface area (Å²) in [5.41, 5.74) is 0.892. The van der Waals surface area contributed by atoms with Crippen LogP contribution in [0.25, 0.3) is 0 Å². The molecule has 2 aromatic rings. The molecule has 1 fully saturated rings. The van der Waals surface area contributed by atoms with Gasteiger partial charge in [0.2, 0.25) is 15.9 Å². The number of amides is 1. The summed E-state index contributed by atoms with van der Waals surface area (Å²) in [7, 11) is -3.61. The van der Waals surface area contributed by atoms with Gasteiger partial charge in [-0.2, -0.15) is 4.31 Å². The highest BCUT2D eigenvalue weighted by Gasteiger charge is 2.37. The van der Waals surface area contributed by atoms with E-state index >= 15 is 0 Å². The maximum atomic E-state index is 13.1. The van der Waals surface area contributed by atoms with E-state index in [1.165, 1.54) is 11.2 Å². The lowest BCUT2D eigenvalue weighted by atomic mass is 10.0. The average molecular weight is 344 g/mol. The van der Waals surface area contributed by atoms with Crippen LogP contribution in [0, 0.1) is 0 Å². The summed E-state index contributed by atoms with van der Waals surface area (Å²) in [5.74, 6) is -0.0345. The number of hydrogen-bond acceptors (Lipinski definition) is 3.